The molecule has 1 aromatic rings. The van der Waals surface area contributed by atoms with Gasteiger partial charge in [0.1, 0.15) is 5.82 Å². The zero-order valence-corrected chi connectivity index (χ0v) is 10.6. The van der Waals surface area contributed by atoms with Crippen LogP contribution in [0, 0.1) is 5.92 Å². The highest BCUT2D eigenvalue weighted by Gasteiger charge is 2.31. The molecule has 0 aliphatic carbocycles. The Labute approximate surface area is 102 Å². The van der Waals surface area contributed by atoms with Gasteiger partial charge in [0.05, 0.1) is 0 Å². The van der Waals surface area contributed by atoms with Gasteiger partial charge in [-0.3, -0.25) is 5.43 Å². The van der Waals surface area contributed by atoms with Crippen molar-refractivity contribution in [3.8, 4) is 0 Å². The summed E-state index contributed by atoms with van der Waals surface area (Å²) in [6.07, 6.45) is 1.73. The summed E-state index contributed by atoms with van der Waals surface area (Å²) in [6, 6.07) is 2.49. The second-order valence-corrected chi connectivity index (χ2v) is 4.80. The molecule has 6 heteroatoms. The minimum absolute atomic E-state index is 0.462. The van der Waals surface area contributed by atoms with Gasteiger partial charge in [-0.05, 0) is 26.1 Å². The number of nitrogen functional groups attached to an aromatic ring is 1. The van der Waals surface area contributed by atoms with E-state index in [-0.39, 0.29) is 0 Å². The number of hydrogen-bond acceptors (Lipinski definition) is 6. The first-order valence-corrected chi connectivity index (χ1v) is 5.83. The van der Waals surface area contributed by atoms with E-state index in [1.807, 2.05) is 6.07 Å². The Morgan fingerprint density at radius 2 is 2.24 bits per heavy atom. The van der Waals surface area contributed by atoms with Crippen LogP contribution < -0.4 is 16.2 Å². The summed E-state index contributed by atoms with van der Waals surface area (Å²) in [6.45, 7) is 4.28. The van der Waals surface area contributed by atoms with Gasteiger partial charge in [0, 0.05) is 25.3 Å². The molecule has 3 N–H and O–H groups in total. The van der Waals surface area contributed by atoms with Crippen molar-refractivity contribution in [3.05, 3.63) is 12.3 Å². The van der Waals surface area contributed by atoms with E-state index >= 15 is 0 Å². The van der Waals surface area contributed by atoms with E-state index in [4.69, 9.17) is 5.84 Å². The van der Waals surface area contributed by atoms with Gasteiger partial charge in [0.2, 0.25) is 5.95 Å². The van der Waals surface area contributed by atoms with Crippen molar-refractivity contribution in [1.82, 2.24) is 14.9 Å². The van der Waals surface area contributed by atoms with Crippen LogP contribution in [0.2, 0.25) is 0 Å². The monoisotopic (exact) mass is 236 g/mol. The van der Waals surface area contributed by atoms with Gasteiger partial charge in [-0.15, -0.1) is 0 Å². The average Bonchev–Trinajstić information content (AvgIpc) is 2.71. The standard InChI is InChI=1S/C11H20N6/c1-8-6-17(7-9(8)16(2)3)10-4-5-13-11(14-10)15-12/h4-5,8-9H,6-7,12H2,1-3H3,(H,13,14,15). The molecule has 2 unspecified atom stereocenters. The Balaban J connectivity index is 2.13. The smallest absolute Gasteiger partial charge is 0.239 e. The van der Waals surface area contributed by atoms with Gasteiger partial charge in [0.25, 0.3) is 0 Å². The van der Waals surface area contributed by atoms with Crippen LogP contribution in [-0.2, 0) is 0 Å². The largest absolute Gasteiger partial charge is 0.355 e. The molecule has 1 aliphatic heterocycles. The number of nitrogens with zero attached hydrogens (tertiary/aromatic N) is 4. The molecule has 0 amide bonds. The molecule has 0 bridgehead atoms. The van der Waals surface area contributed by atoms with Crippen LogP contribution in [0.1, 0.15) is 6.92 Å². The highest BCUT2D eigenvalue weighted by atomic mass is 15.3. The summed E-state index contributed by atoms with van der Waals surface area (Å²) in [5.41, 5.74) is 2.48. The molecule has 2 atom stereocenters. The first-order valence-electron chi connectivity index (χ1n) is 5.83. The van der Waals surface area contributed by atoms with Crippen molar-refractivity contribution in [2.24, 2.45) is 11.8 Å². The maximum absolute atomic E-state index is 5.32. The van der Waals surface area contributed by atoms with Crippen molar-refractivity contribution in [3.63, 3.8) is 0 Å². The summed E-state index contributed by atoms with van der Waals surface area (Å²) in [5, 5.41) is 0. The quantitative estimate of drug-likeness (QED) is 0.575. The topological polar surface area (TPSA) is 70.3 Å². The lowest BCUT2D eigenvalue weighted by atomic mass is 10.1. The predicted molar refractivity (Wildman–Crippen MR) is 68.7 cm³/mol. The van der Waals surface area contributed by atoms with Gasteiger partial charge in [-0.2, -0.15) is 4.98 Å². The molecule has 94 valence electrons. The fourth-order valence-corrected chi connectivity index (χ4v) is 2.40. The van der Waals surface area contributed by atoms with Crippen LogP contribution in [0.3, 0.4) is 0 Å². The second kappa shape index (κ2) is 4.85. The predicted octanol–water partition coefficient (Wildman–Crippen LogP) is 0.149. The van der Waals surface area contributed by atoms with Crippen molar-refractivity contribution in [2.45, 2.75) is 13.0 Å². The molecule has 2 rings (SSSR count). The number of likely N-dealkylation sites (N-methyl/N-ethyl adjacent to an activating group) is 1. The second-order valence-electron chi connectivity index (χ2n) is 4.80. The average molecular weight is 236 g/mol. The minimum atomic E-state index is 0.462. The molecule has 2 heterocycles. The lowest BCUT2D eigenvalue weighted by Gasteiger charge is -2.22. The van der Waals surface area contributed by atoms with Crippen LogP contribution >= 0.6 is 0 Å². The molecule has 6 nitrogen and oxygen atoms in total. The van der Waals surface area contributed by atoms with Gasteiger partial charge in [0.15, 0.2) is 0 Å². The maximum atomic E-state index is 5.32. The van der Waals surface area contributed by atoms with Crippen molar-refractivity contribution in [2.75, 3.05) is 37.5 Å². The number of nitrogens with two attached hydrogens (primary N) is 1. The molecular formula is C11H20N6. The van der Waals surface area contributed by atoms with Crippen LogP contribution in [0.4, 0.5) is 11.8 Å². The Hall–Kier alpha value is -1.40. The summed E-state index contributed by atoms with van der Waals surface area (Å²) in [4.78, 5) is 12.9. The molecule has 0 radical (unpaired) electrons. The van der Waals surface area contributed by atoms with E-state index in [1.165, 1.54) is 0 Å². The number of aromatic nitrogens is 2. The SMILES string of the molecule is CC1CN(c2ccnc(NN)n2)CC1N(C)C. The molecular weight excluding hydrogens is 216 g/mol. The summed E-state index contributed by atoms with van der Waals surface area (Å²) < 4.78 is 0. The molecule has 1 aromatic heterocycles. The fourth-order valence-electron chi connectivity index (χ4n) is 2.40. The van der Waals surface area contributed by atoms with Crippen LogP contribution in [0.5, 0.6) is 0 Å². The number of anilines is 2. The number of hydrazine groups is 1. The zero-order chi connectivity index (χ0) is 12.4. The molecule has 1 saturated heterocycles. The summed E-state index contributed by atoms with van der Waals surface area (Å²) in [7, 11) is 4.25. The van der Waals surface area contributed by atoms with Crippen LogP contribution in [0.25, 0.3) is 0 Å². The number of rotatable bonds is 3. The maximum Gasteiger partial charge on any atom is 0.239 e. The highest BCUT2D eigenvalue weighted by Crippen LogP contribution is 2.24. The number of nitrogens with one attached hydrogen (secondary N) is 1. The van der Waals surface area contributed by atoms with Crippen molar-refractivity contribution in [1.29, 1.82) is 0 Å². The van der Waals surface area contributed by atoms with E-state index in [0.717, 1.165) is 18.9 Å². The molecule has 1 fully saturated rings. The van der Waals surface area contributed by atoms with Gasteiger partial charge >= 0.3 is 0 Å². The van der Waals surface area contributed by atoms with Crippen LogP contribution in [0.15, 0.2) is 12.3 Å². The molecule has 17 heavy (non-hydrogen) atoms. The number of hydrogen-bond donors (Lipinski definition) is 2. The molecule has 0 aromatic carbocycles. The van der Waals surface area contributed by atoms with Crippen LogP contribution in [-0.4, -0.2) is 48.1 Å². The summed E-state index contributed by atoms with van der Waals surface area (Å²) in [5.74, 6) is 7.35. The molecule has 1 aliphatic rings. The van der Waals surface area contributed by atoms with E-state index in [0.29, 0.717) is 17.9 Å². The Bertz CT molecular complexity index is 380. The Morgan fingerprint density at radius 3 is 2.82 bits per heavy atom. The third-order valence-electron chi connectivity index (χ3n) is 3.33. The van der Waals surface area contributed by atoms with E-state index in [1.54, 1.807) is 6.20 Å². The Morgan fingerprint density at radius 1 is 1.47 bits per heavy atom. The van der Waals surface area contributed by atoms with E-state index < -0.39 is 0 Å². The zero-order valence-electron chi connectivity index (χ0n) is 10.6. The first kappa shape index (κ1) is 12.1. The lowest BCUT2D eigenvalue weighted by molar-refractivity contribution is 0.266. The normalized spacial score (nSPS) is 24.4. The third-order valence-corrected chi connectivity index (χ3v) is 3.33. The fraction of sp³-hybridized carbons (Fsp3) is 0.636. The van der Waals surface area contributed by atoms with Crippen molar-refractivity contribution < 1.29 is 0 Å². The third kappa shape index (κ3) is 2.48. The van der Waals surface area contributed by atoms with E-state index in [2.05, 4.69) is 46.2 Å². The van der Waals surface area contributed by atoms with Gasteiger partial charge < -0.3 is 9.80 Å². The summed E-state index contributed by atoms with van der Waals surface area (Å²) >= 11 is 0. The van der Waals surface area contributed by atoms with Gasteiger partial charge in [-0.25, -0.2) is 10.8 Å². The van der Waals surface area contributed by atoms with Crippen molar-refractivity contribution >= 4 is 11.8 Å². The highest BCUT2D eigenvalue weighted by molar-refractivity contribution is 5.43. The van der Waals surface area contributed by atoms with Gasteiger partial charge in [-0.1, -0.05) is 6.92 Å². The molecule has 0 spiro atoms. The molecule has 0 saturated carbocycles. The minimum Gasteiger partial charge on any atom is -0.355 e. The lowest BCUT2D eigenvalue weighted by Crippen LogP contribution is -2.34. The first-order chi connectivity index (χ1) is 8.11. The van der Waals surface area contributed by atoms with E-state index in [9.17, 15) is 0 Å². The Kier molecular flexibility index (Phi) is 3.44.